The van der Waals surface area contributed by atoms with Crippen molar-refractivity contribution in [2.24, 2.45) is 0 Å². The molecule has 25 heavy (non-hydrogen) atoms. The Morgan fingerprint density at radius 3 is 2.80 bits per heavy atom. The predicted molar refractivity (Wildman–Crippen MR) is 104 cm³/mol. The standard InChI is InChI=1S/C20H15BrN2O2/c21-15-6-4-14-11-16(7-5-13(14)10-15)25-12-20(24)23-19-3-1-2-18-17(19)8-9-22-18/h1-11,22H,12H2,(H,23,24). The highest BCUT2D eigenvalue weighted by Gasteiger charge is 2.07. The van der Waals surface area contributed by atoms with Gasteiger partial charge in [0.05, 0.1) is 5.69 Å². The van der Waals surface area contributed by atoms with Crippen molar-refractivity contribution in [2.45, 2.75) is 0 Å². The van der Waals surface area contributed by atoms with Crippen molar-refractivity contribution < 1.29 is 9.53 Å². The fraction of sp³-hybridized carbons (Fsp3) is 0.0500. The number of hydrogen-bond donors (Lipinski definition) is 2. The lowest BCUT2D eigenvalue weighted by atomic mass is 10.1. The molecular formula is C20H15BrN2O2. The first kappa shape index (κ1) is 15.7. The molecule has 0 aliphatic heterocycles. The number of halogens is 1. The lowest BCUT2D eigenvalue weighted by Gasteiger charge is -2.09. The molecule has 0 saturated carbocycles. The summed E-state index contributed by atoms with van der Waals surface area (Å²) in [7, 11) is 0. The van der Waals surface area contributed by atoms with E-state index in [2.05, 4.69) is 26.2 Å². The van der Waals surface area contributed by atoms with Crippen LogP contribution in [0, 0.1) is 0 Å². The molecule has 3 aromatic carbocycles. The lowest BCUT2D eigenvalue weighted by Crippen LogP contribution is -2.20. The first-order chi connectivity index (χ1) is 12.2. The molecule has 0 aliphatic carbocycles. The number of carbonyl (C=O) groups is 1. The van der Waals surface area contributed by atoms with Crippen LogP contribution in [0.2, 0.25) is 0 Å². The predicted octanol–water partition coefficient (Wildman–Crippen LogP) is 5.10. The third-order valence-electron chi connectivity index (χ3n) is 4.01. The van der Waals surface area contributed by atoms with Gasteiger partial charge >= 0.3 is 0 Å². The highest BCUT2D eigenvalue weighted by atomic mass is 79.9. The van der Waals surface area contributed by atoms with Crippen molar-refractivity contribution in [1.82, 2.24) is 4.98 Å². The van der Waals surface area contributed by atoms with E-state index in [-0.39, 0.29) is 12.5 Å². The van der Waals surface area contributed by atoms with Crippen LogP contribution < -0.4 is 10.1 Å². The van der Waals surface area contributed by atoms with Crippen LogP contribution in [0.3, 0.4) is 0 Å². The van der Waals surface area contributed by atoms with E-state index in [9.17, 15) is 4.79 Å². The van der Waals surface area contributed by atoms with E-state index in [1.54, 1.807) is 0 Å². The summed E-state index contributed by atoms with van der Waals surface area (Å²) in [5.74, 6) is 0.481. The van der Waals surface area contributed by atoms with Crippen molar-refractivity contribution in [1.29, 1.82) is 0 Å². The van der Waals surface area contributed by atoms with Crippen molar-refractivity contribution in [3.05, 3.63) is 71.3 Å². The quantitative estimate of drug-likeness (QED) is 0.505. The number of aromatic nitrogens is 1. The van der Waals surface area contributed by atoms with E-state index >= 15 is 0 Å². The summed E-state index contributed by atoms with van der Waals surface area (Å²) in [4.78, 5) is 15.3. The first-order valence-electron chi connectivity index (χ1n) is 7.87. The van der Waals surface area contributed by atoms with Crippen molar-refractivity contribution in [2.75, 3.05) is 11.9 Å². The Kier molecular flexibility index (Phi) is 4.15. The topological polar surface area (TPSA) is 54.1 Å². The fourth-order valence-corrected chi connectivity index (χ4v) is 3.19. The molecule has 0 bridgehead atoms. The highest BCUT2D eigenvalue weighted by molar-refractivity contribution is 9.10. The molecule has 1 amide bonds. The van der Waals surface area contributed by atoms with Crippen LogP contribution in [-0.4, -0.2) is 17.5 Å². The minimum absolute atomic E-state index is 0.0388. The molecule has 0 aliphatic rings. The van der Waals surface area contributed by atoms with Crippen LogP contribution in [0.15, 0.2) is 71.3 Å². The molecule has 1 aromatic heterocycles. The minimum atomic E-state index is -0.190. The summed E-state index contributed by atoms with van der Waals surface area (Å²) in [6.07, 6.45) is 1.85. The Morgan fingerprint density at radius 1 is 1.04 bits per heavy atom. The summed E-state index contributed by atoms with van der Waals surface area (Å²) in [6, 6.07) is 19.5. The summed E-state index contributed by atoms with van der Waals surface area (Å²) in [6.45, 7) is -0.0388. The van der Waals surface area contributed by atoms with Crippen LogP contribution in [0.1, 0.15) is 0 Å². The molecule has 1 heterocycles. The van der Waals surface area contributed by atoms with Crippen molar-refractivity contribution in [3.63, 3.8) is 0 Å². The Hall–Kier alpha value is -2.79. The molecule has 0 fully saturated rings. The van der Waals surface area contributed by atoms with E-state index in [0.29, 0.717) is 5.75 Å². The second-order valence-corrected chi connectivity index (χ2v) is 6.65. The molecule has 0 unspecified atom stereocenters. The number of ether oxygens (including phenoxy) is 1. The average Bonchev–Trinajstić information content (AvgIpc) is 3.10. The molecule has 4 aromatic rings. The maximum atomic E-state index is 12.2. The Balaban J connectivity index is 1.45. The number of anilines is 1. The van der Waals surface area contributed by atoms with Crippen LogP contribution in [0.25, 0.3) is 21.7 Å². The molecular weight excluding hydrogens is 380 g/mol. The number of H-pyrrole nitrogens is 1. The number of carbonyl (C=O) groups excluding carboxylic acids is 1. The number of amides is 1. The molecule has 0 spiro atoms. The number of nitrogens with one attached hydrogen (secondary N) is 2. The van der Waals surface area contributed by atoms with E-state index in [1.807, 2.05) is 66.9 Å². The summed E-state index contributed by atoms with van der Waals surface area (Å²) >= 11 is 3.46. The number of benzene rings is 3. The second-order valence-electron chi connectivity index (χ2n) is 5.73. The third-order valence-corrected chi connectivity index (χ3v) is 4.51. The van der Waals surface area contributed by atoms with Crippen LogP contribution in [-0.2, 0) is 4.79 Å². The zero-order chi connectivity index (χ0) is 17.2. The van der Waals surface area contributed by atoms with E-state index in [1.165, 1.54) is 0 Å². The first-order valence-corrected chi connectivity index (χ1v) is 8.66. The molecule has 0 atom stereocenters. The molecule has 124 valence electrons. The van der Waals surface area contributed by atoms with Gasteiger partial charge in [0.2, 0.25) is 0 Å². The zero-order valence-electron chi connectivity index (χ0n) is 13.3. The van der Waals surface area contributed by atoms with Gasteiger partial charge in [-0.2, -0.15) is 0 Å². The molecule has 5 heteroatoms. The van der Waals surface area contributed by atoms with Gasteiger partial charge in [-0.3, -0.25) is 4.79 Å². The Labute approximate surface area is 152 Å². The number of rotatable bonds is 4. The molecule has 0 saturated heterocycles. The minimum Gasteiger partial charge on any atom is -0.484 e. The summed E-state index contributed by atoms with van der Waals surface area (Å²) < 4.78 is 6.67. The summed E-state index contributed by atoms with van der Waals surface area (Å²) in [5, 5.41) is 6.06. The largest absolute Gasteiger partial charge is 0.484 e. The zero-order valence-corrected chi connectivity index (χ0v) is 14.8. The van der Waals surface area contributed by atoms with Gasteiger partial charge < -0.3 is 15.0 Å². The lowest BCUT2D eigenvalue weighted by molar-refractivity contribution is -0.118. The summed E-state index contributed by atoms with van der Waals surface area (Å²) in [5.41, 5.74) is 1.76. The number of hydrogen-bond acceptors (Lipinski definition) is 2. The Morgan fingerprint density at radius 2 is 1.88 bits per heavy atom. The monoisotopic (exact) mass is 394 g/mol. The van der Waals surface area contributed by atoms with Gasteiger partial charge in [0, 0.05) is 21.6 Å². The van der Waals surface area contributed by atoms with Gasteiger partial charge in [-0.25, -0.2) is 0 Å². The van der Waals surface area contributed by atoms with Crippen molar-refractivity contribution >= 4 is 49.2 Å². The SMILES string of the molecule is O=C(COc1ccc2cc(Br)ccc2c1)Nc1cccc2[nH]ccc12. The van der Waals surface area contributed by atoms with Crippen LogP contribution >= 0.6 is 15.9 Å². The number of aromatic amines is 1. The van der Waals surface area contributed by atoms with Gasteiger partial charge in [0.15, 0.2) is 6.61 Å². The van der Waals surface area contributed by atoms with Crippen LogP contribution in [0.5, 0.6) is 5.75 Å². The molecule has 0 radical (unpaired) electrons. The highest BCUT2D eigenvalue weighted by Crippen LogP contribution is 2.25. The van der Waals surface area contributed by atoms with E-state index in [4.69, 9.17) is 4.74 Å². The van der Waals surface area contributed by atoms with Gasteiger partial charge in [0.25, 0.3) is 5.91 Å². The van der Waals surface area contributed by atoms with Gasteiger partial charge in [-0.1, -0.05) is 34.1 Å². The molecule has 4 rings (SSSR count). The van der Waals surface area contributed by atoms with Gasteiger partial charge in [0.1, 0.15) is 5.75 Å². The van der Waals surface area contributed by atoms with E-state index < -0.39 is 0 Å². The maximum Gasteiger partial charge on any atom is 0.262 e. The Bertz CT molecular complexity index is 1070. The molecule has 4 nitrogen and oxygen atoms in total. The normalized spacial score (nSPS) is 10.9. The fourth-order valence-electron chi connectivity index (χ4n) is 2.81. The third kappa shape index (κ3) is 3.37. The van der Waals surface area contributed by atoms with Gasteiger partial charge in [-0.05, 0) is 53.2 Å². The smallest absolute Gasteiger partial charge is 0.262 e. The van der Waals surface area contributed by atoms with Crippen molar-refractivity contribution in [3.8, 4) is 5.75 Å². The van der Waals surface area contributed by atoms with Gasteiger partial charge in [-0.15, -0.1) is 0 Å². The van der Waals surface area contributed by atoms with E-state index in [0.717, 1.165) is 31.8 Å². The second kappa shape index (κ2) is 6.61. The maximum absolute atomic E-state index is 12.2. The van der Waals surface area contributed by atoms with Crippen LogP contribution in [0.4, 0.5) is 5.69 Å². The number of fused-ring (bicyclic) bond motifs is 2. The average molecular weight is 395 g/mol. The molecule has 2 N–H and O–H groups in total.